The molecule has 2 heterocycles. The van der Waals surface area contributed by atoms with E-state index in [9.17, 15) is 8.42 Å². The van der Waals surface area contributed by atoms with E-state index in [1.807, 2.05) is 6.92 Å². The van der Waals surface area contributed by atoms with E-state index < -0.39 is 9.05 Å². The summed E-state index contributed by atoms with van der Waals surface area (Å²) in [7, 11) is 1.58. The highest BCUT2D eigenvalue weighted by molar-refractivity contribution is 8.13. The van der Waals surface area contributed by atoms with Gasteiger partial charge >= 0.3 is 0 Å². The van der Waals surface area contributed by atoms with Crippen molar-refractivity contribution < 1.29 is 8.42 Å². The molecule has 3 rings (SSSR count). The quantitative estimate of drug-likeness (QED) is 0.667. The van der Waals surface area contributed by atoms with Gasteiger partial charge in [-0.05, 0) is 32.0 Å². The average Bonchev–Trinajstić information content (AvgIpc) is 2.82. The van der Waals surface area contributed by atoms with Crippen LogP contribution in [0.2, 0.25) is 0 Å². The molecule has 0 spiro atoms. The van der Waals surface area contributed by atoms with Gasteiger partial charge in [0.15, 0.2) is 5.01 Å². The molecule has 0 radical (unpaired) electrons. The van der Waals surface area contributed by atoms with Crippen LogP contribution in [-0.2, 0) is 9.05 Å². The molecule has 0 bridgehead atoms. The molecule has 3 aromatic rings. The molecule has 21 heavy (non-hydrogen) atoms. The molecule has 108 valence electrons. The summed E-state index contributed by atoms with van der Waals surface area (Å²) in [6, 6.07) is 4.49. The zero-order valence-corrected chi connectivity index (χ0v) is 13.4. The molecule has 0 amide bonds. The Balaban J connectivity index is 2.36. The van der Waals surface area contributed by atoms with Gasteiger partial charge in [-0.3, -0.25) is 0 Å². The van der Waals surface area contributed by atoms with Crippen LogP contribution in [0.25, 0.3) is 21.6 Å². The maximum Gasteiger partial charge on any atom is 0.261 e. The smallest absolute Gasteiger partial charge is 0.233 e. The van der Waals surface area contributed by atoms with E-state index in [-0.39, 0.29) is 4.90 Å². The third-order valence-corrected chi connectivity index (χ3v) is 4.99. The van der Waals surface area contributed by atoms with Gasteiger partial charge in [0.1, 0.15) is 16.5 Å². The molecule has 0 atom stereocenters. The summed E-state index contributed by atoms with van der Waals surface area (Å²) in [6.07, 6.45) is 0. The summed E-state index contributed by atoms with van der Waals surface area (Å²) in [5.41, 5.74) is 1.19. The third kappa shape index (κ3) is 2.74. The second kappa shape index (κ2) is 4.97. The number of hydrogen-bond donors (Lipinski definition) is 0. The van der Waals surface area contributed by atoms with Crippen LogP contribution in [0.5, 0.6) is 0 Å². The fraction of sp³-hybridized carbons (Fsp3) is 0.167. The molecule has 0 saturated heterocycles. The Kier molecular flexibility index (Phi) is 3.39. The van der Waals surface area contributed by atoms with E-state index in [4.69, 9.17) is 10.7 Å². The lowest BCUT2D eigenvalue weighted by Crippen LogP contribution is -1.96. The third-order valence-electron chi connectivity index (χ3n) is 2.79. The molecule has 0 aliphatic heterocycles. The van der Waals surface area contributed by atoms with Gasteiger partial charge in [0.05, 0.1) is 10.4 Å². The van der Waals surface area contributed by atoms with Gasteiger partial charge in [-0.2, -0.15) is 0 Å². The highest BCUT2D eigenvalue weighted by atomic mass is 35.7. The summed E-state index contributed by atoms with van der Waals surface area (Å²) < 4.78 is 23.0. The molecule has 0 unspecified atom stereocenters. The monoisotopic (exact) mass is 340 g/mol. The zero-order chi connectivity index (χ0) is 15.2. The molecule has 6 nitrogen and oxygen atoms in total. The van der Waals surface area contributed by atoms with Gasteiger partial charge in [0, 0.05) is 16.1 Å². The molecular weight excluding hydrogens is 332 g/mol. The van der Waals surface area contributed by atoms with Crippen molar-refractivity contribution >= 4 is 42.0 Å². The Morgan fingerprint density at radius 3 is 2.52 bits per heavy atom. The fourth-order valence-corrected chi connectivity index (χ4v) is 3.40. The van der Waals surface area contributed by atoms with Crippen molar-refractivity contribution in [3.05, 3.63) is 29.0 Å². The van der Waals surface area contributed by atoms with E-state index >= 15 is 0 Å². The molecule has 0 fully saturated rings. The van der Waals surface area contributed by atoms with E-state index in [2.05, 4.69) is 20.2 Å². The first-order chi connectivity index (χ1) is 9.84. The van der Waals surface area contributed by atoms with Crippen LogP contribution in [0.4, 0.5) is 0 Å². The van der Waals surface area contributed by atoms with Crippen molar-refractivity contribution in [2.24, 2.45) is 0 Å². The molecule has 0 saturated carbocycles. The van der Waals surface area contributed by atoms with Crippen LogP contribution < -0.4 is 0 Å². The van der Waals surface area contributed by atoms with Gasteiger partial charge < -0.3 is 0 Å². The van der Waals surface area contributed by atoms with Gasteiger partial charge in [-0.1, -0.05) is 11.3 Å². The number of nitrogens with zero attached hydrogens (tertiary/aromatic N) is 4. The SMILES string of the molecule is Cc1nc(-c2nnc(C)s2)c2cc(S(=O)(=O)Cl)ccc2n1. The van der Waals surface area contributed by atoms with Crippen LogP contribution in [-0.4, -0.2) is 28.6 Å². The lowest BCUT2D eigenvalue weighted by atomic mass is 10.2. The Morgan fingerprint density at radius 2 is 1.90 bits per heavy atom. The number of benzene rings is 1. The molecular formula is C12H9ClN4O2S2. The van der Waals surface area contributed by atoms with Crippen LogP contribution in [0.3, 0.4) is 0 Å². The normalized spacial score (nSPS) is 12.0. The largest absolute Gasteiger partial charge is 0.261 e. The lowest BCUT2D eigenvalue weighted by molar-refractivity contribution is 0.609. The maximum absolute atomic E-state index is 11.5. The Bertz CT molecular complexity index is 953. The van der Waals surface area contributed by atoms with Crippen LogP contribution in [0, 0.1) is 13.8 Å². The van der Waals surface area contributed by atoms with E-state index in [1.165, 1.54) is 23.5 Å². The van der Waals surface area contributed by atoms with Crippen molar-refractivity contribution in [2.45, 2.75) is 18.7 Å². The predicted molar refractivity (Wildman–Crippen MR) is 81.0 cm³/mol. The number of aryl methyl sites for hydroxylation is 2. The maximum atomic E-state index is 11.5. The minimum Gasteiger partial charge on any atom is -0.233 e. The molecule has 2 aromatic heterocycles. The first-order valence-corrected chi connectivity index (χ1v) is 9.01. The highest BCUT2D eigenvalue weighted by Gasteiger charge is 2.16. The second-order valence-electron chi connectivity index (χ2n) is 4.36. The van der Waals surface area contributed by atoms with Crippen LogP contribution >= 0.6 is 22.0 Å². The molecule has 0 aliphatic rings. The number of halogens is 1. The number of fused-ring (bicyclic) bond motifs is 1. The van der Waals surface area contributed by atoms with E-state index in [0.29, 0.717) is 27.4 Å². The first-order valence-electron chi connectivity index (χ1n) is 5.88. The van der Waals surface area contributed by atoms with E-state index in [1.54, 1.807) is 13.0 Å². The van der Waals surface area contributed by atoms with Crippen molar-refractivity contribution in [3.8, 4) is 10.7 Å². The van der Waals surface area contributed by atoms with Crippen molar-refractivity contribution in [3.63, 3.8) is 0 Å². The standard InChI is InChI=1S/C12H9ClN4O2S2/c1-6-14-10-4-3-8(21(13,18)19)5-9(10)11(15-6)12-17-16-7(2)20-12/h3-5H,1-2H3. The van der Waals surface area contributed by atoms with E-state index in [0.717, 1.165) is 5.01 Å². The zero-order valence-electron chi connectivity index (χ0n) is 11.0. The summed E-state index contributed by atoms with van der Waals surface area (Å²) >= 11 is 1.38. The minimum absolute atomic E-state index is 0.00612. The molecule has 0 N–H and O–H groups in total. The number of aromatic nitrogens is 4. The topological polar surface area (TPSA) is 85.7 Å². The van der Waals surface area contributed by atoms with Gasteiger partial charge in [-0.15, -0.1) is 10.2 Å². The molecule has 0 aliphatic carbocycles. The highest BCUT2D eigenvalue weighted by Crippen LogP contribution is 2.30. The molecule has 9 heteroatoms. The minimum atomic E-state index is -3.81. The Morgan fingerprint density at radius 1 is 1.14 bits per heavy atom. The summed E-state index contributed by atoms with van der Waals surface area (Å²) in [5, 5.41) is 10.0. The predicted octanol–water partition coefficient (Wildman–Crippen LogP) is 2.69. The van der Waals surface area contributed by atoms with Crippen molar-refractivity contribution in [2.75, 3.05) is 0 Å². The van der Waals surface area contributed by atoms with Crippen molar-refractivity contribution in [1.82, 2.24) is 20.2 Å². The Hall–Kier alpha value is -1.64. The van der Waals surface area contributed by atoms with Crippen LogP contribution in [0.1, 0.15) is 10.8 Å². The average molecular weight is 341 g/mol. The second-order valence-corrected chi connectivity index (χ2v) is 8.11. The summed E-state index contributed by atoms with van der Waals surface area (Å²) in [6.45, 7) is 3.61. The summed E-state index contributed by atoms with van der Waals surface area (Å²) in [4.78, 5) is 8.67. The molecule has 1 aromatic carbocycles. The first kappa shape index (κ1) is 14.3. The van der Waals surface area contributed by atoms with Gasteiger partial charge in [0.2, 0.25) is 0 Å². The van der Waals surface area contributed by atoms with Crippen LogP contribution in [0.15, 0.2) is 23.1 Å². The summed E-state index contributed by atoms with van der Waals surface area (Å²) in [5.74, 6) is 0.576. The Labute approximate surface area is 129 Å². The van der Waals surface area contributed by atoms with Crippen molar-refractivity contribution in [1.29, 1.82) is 0 Å². The van der Waals surface area contributed by atoms with Gasteiger partial charge in [-0.25, -0.2) is 18.4 Å². The number of rotatable bonds is 2. The van der Waals surface area contributed by atoms with Gasteiger partial charge in [0.25, 0.3) is 9.05 Å². The fourth-order valence-electron chi connectivity index (χ4n) is 1.93. The lowest BCUT2D eigenvalue weighted by Gasteiger charge is -2.05. The number of hydrogen-bond acceptors (Lipinski definition) is 7.